The number of aromatic nitrogens is 1. The summed E-state index contributed by atoms with van der Waals surface area (Å²) in [7, 11) is 0. The molecule has 2 N–H and O–H groups in total. The van der Waals surface area contributed by atoms with Gasteiger partial charge in [0.15, 0.2) is 0 Å². The summed E-state index contributed by atoms with van der Waals surface area (Å²) in [6.07, 6.45) is 3.92. The van der Waals surface area contributed by atoms with Gasteiger partial charge < -0.3 is 10.6 Å². The summed E-state index contributed by atoms with van der Waals surface area (Å²) in [4.78, 5) is 7.07. The van der Waals surface area contributed by atoms with E-state index in [4.69, 9.17) is 5.73 Å². The van der Waals surface area contributed by atoms with Crippen molar-refractivity contribution in [2.45, 2.75) is 39.7 Å². The molecule has 1 saturated heterocycles. The molecule has 0 aliphatic carbocycles. The fourth-order valence-electron chi connectivity index (χ4n) is 2.61. The molecular weight excluding hydrogens is 210 g/mol. The largest absolute Gasteiger partial charge is 0.356 e. The average molecular weight is 233 g/mol. The van der Waals surface area contributed by atoms with Gasteiger partial charge >= 0.3 is 0 Å². The highest BCUT2D eigenvalue weighted by Crippen LogP contribution is 2.24. The molecule has 1 aromatic heterocycles. The third-order valence-electron chi connectivity index (χ3n) is 3.66. The second-order valence-corrected chi connectivity index (χ2v) is 5.04. The normalized spacial score (nSPS) is 20.6. The van der Waals surface area contributed by atoms with E-state index < -0.39 is 0 Å². The van der Waals surface area contributed by atoms with Crippen molar-refractivity contribution in [1.82, 2.24) is 4.98 Å². The fraction of sp³-hybridized carbons (Fsp3) is 0.643. The van der Waals surface area contributed by atoms with Crippen LogP contribution >= 0.6 is 0 Å². The van der Waals surface area contributed by atoms with Crippen molar-refractivity contribution in [3.8, 4) is 0 Å². The first-order chi connectivity index (χ1) is 8.22. The number of hydrogen-bond donors (Lipinski definition) is 1. The lowest BCUT2D eigenvalue weighted by molar-refractivity contribution is 0.403. The monoisotopic (exact) mass is 233 g/mol. The summed E-state index contributed by atoms with van der Waals surface area (Å²) in [5.74, 6) is 1.94. The van der Waals surface area contributed by atoms with Crippen LogP contribution in [0.1, 0.15) is 37.4 Å². The fourth-order valence-corrected chi connectivity index (χ4v) is 2.61. The number of pyridine rings is 1. The minimum absolute atomic E-state index is 0.599. The number of nitrogens with zero attached hydrogens (tertiary/aromatic N) is 2. The zero-order valence-corrected chi connectivity index (χ0v) is 10.9. The molecule has 2 rings (SSSR count). The molecular formula is C14H23N3. The van der Waals surface area contributed by atoms with Gasteiger partial charge in [-0.25, -0.2) is 4.98 Å². The summed E-state index contributed by atoms with van der Waals surface area (Å²) in [6, 6.07) is 4.22. The Morgan fingerprint density at radius 1 is 1.47 bits per heavy atom. The molecule has 1 unspecified atom stereocenters. The van der Waals surface area contributed by atoms with Crippen molar-refractivity contribution in [2.75, 3.05) is 18.0 Å². The Bertz CT molecular complexity index is 376. The van der Waals surface area contributed by atoms with Crippen molar-refractivity contribution in [3.05, 3.63) is 23.4 Å². The first kappa shape index (κ1) is 12.4. The van der Waals surface area contributed by atoms with Gasteiger partial charge in [-0.05, 0) is 43.4 Å². The van der Waals surface area contributed by atoms with Crippen LogP contribution in [0.4, 0.5) is 5.82 Å². The van der Waals surface area contributed by atoms with Crippen LogP contribution in [0, 0.1) is 12.8 Å². The van der Waals surface area contributed by atoms with Crippen molar-refractivity contribution in [2.24, 2.45) is 11.7 Å². The summed E-state index contributed by atoms with van der Waals surface area (Å²) in [5.41, 5.74) is 7.98. The van der Waals surface area contributed by atoms with Crippen LogP contribution in [-0.2, 0) is 6.54 Å². The Kier molecular flexibility index (Phi) is 4.00. The number of rotatable bonds is 3. The summed E-state index contributed by atoms with van der Waals surface area (Å²) in [6.45, 7) is 7.21. The molecule has 0 spiro atoms. The average Bonchev–Trinajstić information content (AvgIpc) is 2.38. The molecule has 0 aromatic carbocycles. The molecule has 1 aromatic rings. The Labute approximate surface area is 104 Å². The molecule has 0 radical (unpaired) electrons. The lowest BCUT2D eigenvalue weighted by atomic mass is 9.95. The van der Waals surface area contributed by atoms with E-state index in [1.54, 1.807) is 0 Å². The van der Waals surface area contributed by atoms with Crippen LogP contribution in [0.5, 0.6) is 0 Å². The zero-order chi connectivity index (χ0) is 12.3. The van der Waals surface area contributed by atoms with Crippen LogP contribution in [0.3, 0.4) is 0 Å². The second kappa shape index (κ2) is 5.50. The lowest BCUT2D eigenvalue weighted by Gasteiger charge is -2.33. The van der Waals surface area contributed by atoms with Gasteiger partial charge in [-0.1, -0.05) is 13.3 Å². The zero-order valence-electron chi connectivity index (χ0n) is 10.9. The SMILES string of the molecule is CCC1CCCN(c2cc(CN)cc(C)n2)C1. The van der Waals surface area contributed by atoms with Crippen LogP contribution in [0.15, 0.2) is 12.1 Å². The minimum atomic E-state index is 0.599. The van der Waals surface area contributed by atoms with Gasteiger partial charge in [-0.15, -0.1) is 0 Å². The summed E-state index contributed by atoms with van der Waals surface area (Å²) in [5, 5.41) is 0. The van der Waals surface area contributed by atoms with Gasteiger partial charge in [0.25, 0.3) is 0 Å². The molecule has 1 fully saturated rings. The van der Waals surface area contributed by atoms with Crippen LogP contribution < -0.4 is 10.6 Å². The van der Waals surface area contributed by atoms with Gasteiger partial charge in [-0.3, -0.25) is 0 Å². The van der Waals surface area contributed by atoms with E-state index >= 15 is 0 Å². The van der Waals surface area contributed by atoms with Gasteiger partial charge in [0.2, 0.25) is 0 Å². The molecule has 2 heterocycles. The first-order valence-electron chi connectivity index (χ1n) is 6.65. The highest BCUT2D eigenvalue weighted by molar-refractivity contribution is 5.43. The maximum absolute atomic E-state index is 5.72. The van der Waals surface area contributed by atoms with Gasteiger partial charge in [0.05, 0.1) is 0 Å². The predicted octanol–water partition coefficient (Wildman–Crippen LogP) is 2.48. The van der Waals surface area contributed by atoms with Crippen LogP contribution in [0.25, 0.3) is 0 Å². The van der Waals surface area contributed by atoms with Gasteiger partial charge in [0, 0.05) is 25.3 Å². The molecule has 1 aliphatic heterocycles. The molecule has 0 bridgehead atoms. The molecule has 3 nitrogen and oxygen atoms in total. The third kappa shape index (κ3) is 2.97. The van der Waals surface area contributed by atoms with E-state index in [-0.39, 0.29) is 0 Å². The standard InChI is InChI=1S/C14H23N3/c1-3-12-5-4-6-17(10-12)14-8-13(9-15)7-11(2)16-14/h7-8,12H,3-6,9-10,15H2,1-2H3. The maximum atomic E-state index is 5.72. The molecule has 17 heavy (non-hydrogen) atoms. The quantitative estimate of drug-likeness (QED) is 0.872. The maximum Gasteiger partial charge on any atom is 0.129 e. The number of anilines is 1. The van der Waals surface area contributed by atoms with Crippen molar-refractivity contribution in [1.29, 1.82) is 0 Å². The minimum Gasteiger partial charge on any atom is -0.356 e. The second-order valence-electron chi connectivity index (χ2n) is 5.04. The van der Waals surface area contributed by atoms with E-state index in [1.165, 1.54) is 24.8 Å². The smallest absolute Gasteiger partial charge is 0.129 e. The molecule has 3 heteroatoms. The third-order valence-corrected chi connectivity index (χ3v) is 3.66. The van der Waals surface area contributed by atoms with Gasteiger partial charge in [0.1, 0.15) is 5.82 Å². The summed E-state index contributed by atoms with van der Waals surface area (Å²) >= 11 is 0. The molecule has 1 atom stereocenters. The highest BCUT2D eigenvalue weighted by Gasteiger charge is 2.19. The predicted molar refractivity (Wildman–Crippen MR) is 72.1 cm³/mol. The summed E-state index contributed by atoms with van der Waals surface area (Å²) < 4.78 is 0. The van der Waals surface area contributed by atoms with Crippen molar-refractivity contribution < 1.29 is 0 Å². The van der Waals surface area contributed by atoms with E-state index in [0.29, 0.717) is 6.54 Å². The molecule has 1 aliphatic rings. The molecule has 0 amide bonds. The van der Waals surface area contributed by atoms with E-state index in [9.17, 15) is 0 Å². The van der Waals surface area contributed by atoms with Crippen molar-refractivity contribution in [3.63, 3.8) is 0 Å². The number of nitrogens with two attached hydrogens (primary N) is 1. The van der Waals surface area contributed by atoms with E-state index in [0.717, 1.165) is 30.5 Å². The van der Waals surface area contributed by atoms with E-state index in [2.05, 4.69) is 28.9 Å². The highest BCUT2D eigenvalue weighted by atomic mass is 15.2. The van der Waals surface area contributed by atoms with E-state index in [1.807, 2.05) is 6.92 Å². The van der Waals surface area contributed by atoms with Crippen LogP contribution in [-0.4, -0.2) is 18.1 Å². The van der Waals surface area contributed by atoms with Crippen molar-refractivity contribution >= 4 is 5.82 Å². The lowest BCUT2D eigenvalue weighted by Crippen LogP contribution is -2.35. The number of aryl methyl sites for hydroxylation is 1. The number of piperidine rings is 1. The first-order valence-corrected chi connectivity index (χ1v) is 6.65. The topological polar surface area (TPSA) is 42.1 Å². The Morgan fingerprint density at radius 3 is 3.00 bits per heavy atom. The molecule has 94 valence electrons. The Morgan fingerprint density at radius 2 is 2.29 bits per heavy atom. The number of hydrogen-bond acceptors (Lipinski definition) is 3. The van der Waals surface area contributed by atoms with Crippen LogP contribution in [0.2, 0.25) is 0 Å². The van der Waals surface area contributed by atoms with Gasteiger partial charge in [-0.2, -0.15) is 0 Å². The Balaban J connectivity index is 2.18. The Hall–Kier alpha value is -1.09. The molecule has 0 saturated carbocycles.